The molecule has 0 bridgehead atoms. The van der Waals surface area contributed by atoms with Gasteiger partial charge in [-0.1, -0.05) is 31.2 Å². The summed E-state index contributed by atoms with van der Waals surface area (Å²) in [5.41, 5.74) is 2.15. The number of hydrogen-bond acceptors (Lipinski definition) is 4. The maximum absolute atomic E-state index is 11.9. The lowest BCUT2D eigenvalue weighted by Crippen LogP contribution is -2.41. The van der Waals surface area contributed by atoms with Crippen molar-refractivity contribution in [3.05, 3.63) is 47.0 Å². The first-order valence-electron chi connectivity index (χ1n) is 11.4. The Kier molecular flexibility index (Phi) is 6.59. The largest absolute Gasteiger partial charge is 0.490 e. The zero-order valence-electron chi connectivity index (χ0n) is 18.8. The number of carbonyl (C=O) groups is 1. The fourth-order valence-corrected chi connectivity index (χ4v) is 4.25. The van der Waals surface area contributed by atoms with Crippen molar-refractivity contribution in [1.29, 1.82) is 0 Å². The molecule has 1 saturated heterocycles. The number of likely N-dealkylation sites (tertiary alicyclic amines) is 1. The highest BCUT2D eigenvalue weighted by Crippen LogP contribution is 2.29. The highest BCUT2D eigenvalue weighted by molar-refractivity contribution is 5.75. The molecule has 1 amide bonds. The van der Waals surface area contributed by atoms with Gasteiger partial charge in [-0.15, -0.1) is 0 Å². The number of nitrogens with zero attached hydrogens (tertiary/aromatic N) is 2. The molecule has 5 heteroatoms. The van der Waals surface area contributed by atoms with Crippen molar-refractivity contribution < 1.29 is 14.3 Å². The van der Waals surface area contributed by atoms with E-state index in [9.17, 15) is 4.79 Å². The van der Waals surface area contributed by atoms with Crippen LogP contribution in [-0.4, -0.2) is 42.6 Å². The van der Waals surface area contributed by atoms with E-state index in [1.165, 1.54) is 0 Å². The summed E-state index contributed by atoms with van der Waals surface area (Å²) < 4.78 is 12.4. The zero-order chi connectivity index (χ0) is 21.8. The average molecular weight is 421 g/mol. The van der Waals surface area contributed by atoms with Crippen molar-refractivity contribution in [1.82, 2.24) is 4.90 Å². The first kappa shape index (κ1) is 21.4. The quantitative estimate of drug-likeness (QED) is 0.716. The predicted octanol–water partition coefficient (Wildman–Crippen LogP) is 3.72. The summed E-state index contributed by atoms with van der Waals surface area (Å²) >= 11 is 0. The Balaban J connectivity index is 1.51. The van der Waals surface area contributed by atoms with E-state index in [-0.39, 0.29) is 18.1 Å². The van der Waals surface area contributed by atoms with Crippen molar-refractivity contribution in [2.24, 2.45) is 4.99 Å². The van der Waals surface area contributed by atoms with Crippen LogP contribution in [-0.2, 0) is 4.79 Å². The Hall–Kier alpha value is -2.82. The van der Waals surface area contributed by atoms with Crippen molar-refractivity contribution in [3.8, 4) is 22.6 Å². The first-order chi connectivity index (χ1) is 15.0. The topological polar surface area (TPSA) is 51.1 Å². The minimum absolute atomic E-state index is 0.0791. The van der Waals surface area contributed by atoms with Gasteiger partial charge in [0.25, 0.3) is 0 Å². The van der Waals surface area contributed by atoms with Crippen molar-refractivity contribution >= 4 is 12.0 Å². The molecule has 0 atom stereocenters. The third-order valence-corrected chi connectivity index (χ3v) is 5.84. The Labute approximate surface area is 184 Å². The molecule has 0 spiro atoms. The minimum Gasteiger partial charge on any atom is -0.490 e. The number of hydrogen-bond donors (Lipinski definition) is 0. The van der Waals surface area contributed by atoms with E-state index < -0.39 is 0 Å². The molecule has 0 radical (unpaired) electrons. The number of amides is 1. The maximum Gasteiger partial charge on any atom is 0.222 e. The zero-order valence-corrected chi connectivity index (χ0v) is 18.8. The van der Waals surface area contributed by atoms with Crippen molar-refractivity contribution in [2.45, 2.75) is 58.7 Å². The van der Waals surface area contributed by atoms with Crippen LogP contribution in [0.2, 0.25) is 0 Å². The van der Waals surface area contributed by atoms with Crippen LogP contribution in [0.1, 0.15) is 46.5 Å². The van der Waals surface area contributed by atoms with Crippen LogP contribution >= 0.6 is 0 Å². The summed E-state index contributed by atoms with van der Waals surface area (Å²) in [5.74, 6) is 1.97. The second-order valence-corrected chi connectivity index (χ2v) is 8.50. The number of piperidine rings is 1. The second-order valence-electron chi connectivity index (χ2n) is 8.50. The number of ether oxygens (including phenoxy) is 2. The number of rotatable bonds is 6. The second kappa shape index (κ2) is 9.54. The van der Waals surface area contributed by atoms with E-state index in [1.807, 2.05) is 37.8 Å². The van der Waals surface area contributed by atoms with Gasteiger partial charge in [0, 0.05) is 44.5 Å². The van der Waals surface area contributed by atoms with Crippen LogP contribution in [0, 0.1) is 0 Å². The molecule has 4 rings (SSSR count). The molecule has 2 aromatic rings. The lowest BCUT2D eigenvalue weighted by Gasteiger charge is -2.32. The number of benzene rings is 2. The van der Waals surface area contributed by atoms with Crippen LogP contribution in [0.4, 0.5) is 0 Å². The fraction of sp³-hybridized carbons (Fsp3) is 0.462. The van der Waals surface area contributed by atoms with E-state index in [4.69, 9.17) is 14.5 Å². The molecule has 31 heavy (non-hydrogen) atoms. The lowest BCUT2D eigenvalue weighted by atomic mass is 10.0. The van der Waals surface area contributed by atoms with Gasteiger partial charge in [-0.3, -0.25) is 9.79 Å². The summed E-state index contributed by atoms with van der Waals surface area (Å²) in [6, 6.07) is 12.5. The third kappa shape index (κ3) is 4.92. The lowest BCUT2D eigenvalue weighted by molar-refractivity contribution is -0.132. The van der Waals surface area contributed by atoms with Gasteiger partial charge in [0.2, 0.25) is 5.91 Å². The monoisotopic (exact) mass is 420 g/mol. The molecule has 164 valence electrons. The van der Waals surface area contributed by atoms with Gasteiger partial charge in [-0.25, -0.2) is 0 Å². The fourth-order valence-electron chi connectivity index (χ4n) is 4.25. The summed E-state index contributed by atoms with van der Waals surface area (Å²) in [6.07, 6.45) is 5.77. The number of carbonyl (C=O) groups excluding carboxylic acids is 1. The molecule has 2 aliphatic rings. The first-order valence-corrected chi connectivity index (χ1v) is 11.4. The van der Waals surface area contributed by atoms with Crippen LogP contribution in [0.15, 0.2) is 41.4 Å². The molecule has 0 aliphatic carbocycles. The highest BCUT2D eigenvalue weighted by atomic mass is 16.5. The van der Waals surface area contributed by atoms with E-state index in [1.54, 1.807) is 0 Å². The normalized spacial score (nSPS) is 16.3. The summed E-state index contributed by atoms with van der Waals surface area (Å²) in [5, 5.41) is 2.12. The molecule has 2 aliphatic heterocycles. The Morgan fingerprint density at radius 3 is 2.55 bits per heavy atom. The Bertz CT molecular complexity index is 1040. The molecule has 0 aromatic heterocycles. The minimum atomic E-state index is 0.0791. The molecule has 0 saturated carbocycles. The molecule has 0 unspecified atom stereocenters. The average Bonchev–Trinajstić information content (AvgIpc) is 2.79. The van der Waals surface area contributed by atoms with Crippen LogP contribution in [0.5, 0.6) is 11.5 Å². The van der Waals surface area contributed by atoms with Gasteiger partial charge in [-0.05, 0) is 49.2 Å². The molecule has 0 N–H and O–H groups in total. The SMILES string of the molecule is CCC(=O)N1CCC(Oc2ccc(-c3ccc4c(c3OC(C)C)=NCCC=4)cc2)CC1. The van der Waals surface area contributed by atoms with Crippen molar-refractivity contribution in [3.63, 3.8) is 0 Å². The van der Waals surface area contributed by atoms with Crippen LogP contribution < -0.4 is 20.0 Å². The summed E-state index contributed by atoms with van der Waals surface area (Å²) in [7, 11) is 0. The van der Waals surface area contributed by atoms with Gasteiger partial charge >= 0.3 is 0 Å². The van der Waals surface area contributed by atoms with Gasteiger partial charge in [0.05, 0.1) is 6.10 Å². The standard InChI is InChI=1S/C26H32N2O3/c1-4-24(29)28-16-13-22(14-17-28)31-21-10-7-19(8-11-21)23-12-9-20-6-5-15-27-25(20)26(23)30-18(2)3/h6-12,18,22H,4-5,13-17H2,1-3H3. The number of fused-ring (bicyclic) bond motifs is 1. The third-order valence-electron chi connectivity index (χ3n) is 5.84. The van der Waals surface area contributed by atoms with E-state index in [0.717, 1.165) is 72.1 Å². The molecular weight excluding hydrogens is 388 g/mol. The van der Waals surface area contributed by atoms with Crippen LogP contribution in [0.3, 0.4) is 0 Å². The van der Waals surface area contributed by atoms with Gasteiger partial charge < -0.3 is 14.4 Å². The summed E-state index contributed by atoms with van der Waals surface area (Å²) in [4.78, 5) is 18.5. The van der Waals surface area contributed by atoms with Gasteiger partial charge in [0.1, 0.15) is 17.2 Å². The Morgan fingerprint density at radius 1 is 1.13 bits per heavy atom. The maximum atomic E-state index is 11.9. The van der Waals surface area contributed by atoms with E-state index >= 15 is 0 Å². The molecule has 2 heterocycles. The van der Waals surface area contributed by atoms with E-state index in [0.29, 0.717) is 6.42 Å². The molecule has 2 aromatic carbocycles. The van der Waals surface area contributed by atoms with Gasteiger partial charge in [-0.2, -0.15) is 0 Å². The summed E-state index contributed by atoms with van der Waals surface area (Å²) in [6.45, 7) is 8.37. The molecule has 1 fully saturated rings. The van der Waals surface area contributed by atoms with Gasteiger partial charge in [0.15, 0.2) is 5.75 Å². The molecule has 5 nitrogen and oxygen atoms in total. The van der Waals surface area contributed by atoms with E-state index in [2.05, 4.69) is 30.3 Å². The predicted molar refractivity (Wildman–Crippen MR) is 123 cm³/mol. The van der Waals surface area contributed by atoms with Crippen molar-refractivity contribution in [2.75, 3.05) is 19.6 Å². The smallest absolute Gasteiger partial charge is 0.222 e. The highest BCUT2D eigenvalue weighted by Gasteiger charge is 2.23. The molecular formula is C26H32N2O3. The Morgan fingerprint density at radius 2 is 1.87 bits per heavy atom. The van der Waals surface area contributed by atoms with Crippen LogP contribution in [0.25, 0.3) is 17.2 Å².